The van der Waals surface area contributed by atoms with Crippen LogP contribution < -0.4 is 4.72 Å². The first-order valence-corrected chi connectivity index (χ1v) is 8.60. The molecule has 2 aromatic rings. The molecule has 2 rings (SSSR count). The number of benzene rings is 2. The lowest BCUT2D eigenvalue weighted by Crippen LogP contribution is -2.36. The highest BCUT2D eigenvalue weighted by atomic mass is 32.2. The fourth-order valence-corrected chi connectivity index (χ4v) is 3.50. The molecule has 120 valence electrons. The minimum atomic E-state index is -3.68. The van der Waals surface area contributed by atoms with Gasteiger partial charge in [0.15, 0.2) is 0 Å². The van der Waals surface area contributed by atoms with Gasteiger partial charge in [0.05, 0.1) is 10.9 Å². The van der Waals surface area contributed by atoms with Gasteiger partial charge in [-0.05, 0) is 37.1 Å². The van der Waals surface area contributed by atoms with E-state index >= 15 is 0 Å². The van der Waals surface area contributed by atoms with Gasteiger partial charge < -0.3 is 0 Å². The second kappa shape index (κ2) is 7.28. The number of sulfonamides is 1. The third kappa shape index (κ3) is 4.32. The minimum Gasteiger partial charge on any atom is -0.208 e. The molecule has 0 aliphatic rings. The molecule has 0 aliphatic carbocycles. The van der Waals surface area contributed by atoms with Crippen molar-refractivity contribution in [3.05, 3.63) is 76.2 Å². The molecule has 2 aromatic carbocycles. The second-order valence-electron chi connectivity index (χ2n) is 5.28. The summed E-state index contributed by atoms with van der Waals surface area (Å²) in [5, 5.41) is 3.74. The van der Waals surface area contributed by atoms with Crippen molar-refractivity contribution < 1.29 is 8.42 Å². The van der Waals surface area contributed by atoms with E-state index in [4.69, 9.17) is 5.53 Å². The first-order chi connectivity index (χ1) is 10.9. The van der Waals surface area contributed by atoms with Gasteiger partial charge in [-0.1, -0.05) is 53.1 Å². The van der Waals surface area contributed by atoms with E-state index in [2.05, 4.69) is 14.7 Å². The lowest BCUT2D eigenvalue weighted by molar-refractivity contribution is 0.514. The summed E-state index contributed by atoms with van der Waals surface area (Å²) in [6.07, 6.45) is 0. The van der Waals surface area contributed by atoms with Crippen LogP contribution >= 0.6 is 0 Å². The maximum atomic E-state index is 12.4. The van der Waals surface area contributed by atoms with E-state index in [1.165, 1.54) is 0 Å². The zero-order valence-electron chi connectivity index (χ0n) is 12.9. The summed E-state index contributed by atoms with van der Waals surface area (Å²) in [7, 11) is -3.68. The van der Waals surface area contributed by atoms with E-state index in [0.717, 1.165) is 11.1 Å². The first-order valence-electron chi connectivity index (χ1n) is 7.12. The molecule has 0 fully saturated rings. The van der Waals surface area contributed by atoms with Gasteiger partial charge in [0.25, 0.3) is 0 Å². The molecule has 0 radical (unpaired) electrons. The predicted molar refractivity (Wildman–Crippen MR) is 89.3 cm³/mol. The number of hydrogen-bond acceptors (Lipinski definition) is 3. The summed E-state index contributed by atoms with van der Waals surface area (Å²) in [5.41, 5.74) is 10.5. The number of nitrogens with one attached hydrogen (secondary N) is 1. The van der Waals surface area contributed by atoms with Gasteiger partial charge >= 0.3 is 0 Å². The quantitative estimate of drug-likeness (QED) is 0.496. The monoisotopic (exact) mass is 330 g/mol. The Morgan fingerprint density at radius 1 is 1.09 bits per heavy atom. The van der Waals surface area contributed by atoms with Crippen LogP contribution in [0.3, 0.4) is 0 Å². The topological polar surface area (TPSA) is 94.9 Å². The smallest absolute Gasteiger partial charge is 0.208 e. The molecule has 7 heteroatoms. The Labute approximate surface area is 135 Å². The Morgan fingerprint density at radius 2 is 1.70 bits per heavy atom. The van der Waals surface area contributed by atoms with Gasteiger partial charge in [0.2, 0.25) is 10.0 Å². The Hall–Kier alpha value is -2.34. The molecule has 0 saturated heterocycles. The fraction of sp³-hybridized carbons (Fsp3) is 0.250. The molecule has 23 heavy (non-hydrogen) atoms. The van der Waals surface area contributed by atoms with Crippen molar-refractivity contribution in [3.63, 3.8) is 0 Å². The van der Waals surface area contributed by atoms with Crippen molar-refractivity contribution in [1.82, 2.24) is 4.72 Å². The van der Waals surface area contributed by atoms with Crippen LogP contribution in [-0.2, 0) is 10.0 Å². The van der Waals surface area contributed by atoms with Crippen molar-refractivity contribution >= 4 is 10.0 Å². The standard InChI is InChI=1S/C16H18N4O2S/c1-12-8-10-15(11-9-12)23(21,22)19-13(2)16(18-20-17)14-6-4-3-5-7-14/h3-11,13,16,19H,1-2H3/t13-,16+/m1/s1. The molecule has 0 amide bonds. The second-order valence-corrected chi connectivity index (χ2v) is 7.00. The van der Waals surface area contributed by atoms with E-state index in [9.17, 15) is 8.42 Å². The van der Waals surface area contributed by atoms with Crippen molar-refractivity contribution in [1.29, 1.82) is 0 Å². The highest BCUT2D eigenvalue weighted by molar-refractivity contribution is 7.89. The molecule has 0 aliphatic heterocycles. The molecular weight excluding hydrogens is 312 g/mol. The van der Waals surface area contributed by atoms with Crippen LogP contribution in [0.15, 0.2) is 64.6 Å². The Kier molecular flexibility index (Phi) is 5.39. The normalized spacial score (nSPS) is 13.8. The van der Waals surface area contributed by atoms with Gasteiger partial charge in [0.1, 0.15) is 0 Å². The van der Waals surface area contributed by atoms with E-state index in [0.29, 0.717) is 0 Å². The van der Waals surface area contributed by atoms with E-state index in [1.807, 2.05) is 25.1 Å². The molecule has 0 aromatic heterocycles. The Bertz CT molecular complexity index is 798. The summed E-state index contributed by atoms with van der Waals surface area (Å²) in [6, 6.07) is 14.4. The van der Waals surface area contributed by atoms with Crippen LogP contribution in [0.5, 0.6) is 0 Å². The van der Waals surface area contributed by atoms with Crippen LogP contribution in [-0.4, -0.2) is 14.5 Å². The van der Waals surface area contributed by atoms with Crippen LogP contribution in [0.25, 0.3) is 10.4 Å². The third-order valence-electron chi connectivity index (χ3n) is 3.46. The summed E-state index contributed by atoms with van der Waals surface area (Å²) < 4.78 is 27.5. The molecule has 0 bridgehead atoms. The maximum absolute atomic E-state index is 12.4. The maximum Gasteiger partial charge on any atom is 0.240 e. The number of rotatable bonds is 6. The fourth-order valence-electron chi connectivity index (χ4n) is 2.26. The molecule has 0 spiro atoms. The molecule has 2 atom stereocenters. The lowest BCUT2D eigenvalue weighted by atomic mass is 10.0. The van der Waals surface area contributed by atoms with Crippen molar-refractivity contribution in [2.24, 2.45) is 5.11 Å². The van der Waals surface area contributed by atoms with Crippen LogP contribution in [0.4, 0.5) is 0 Å². The zero-order valence-corrected chi connectivity index (χ0v) is 13.7. The minimum absolute atomic E-state index is 0.183. The average Bonchev–Trinajstić information content (AvgIpc) is 2.53. The highest BCUT2D eigenvalue weighted by Crippen LogP contribution is 2.23. The summed E-state index contributed by atoms with van der Waals surface area (Å²) in [6.45, 7) is 3.57. The molecule has 1 N–H and O–H groups in total. The van der Waals surface area contributed by atoms with E-state index in [-0.39, 0.29) is 4.90 Å². The Morgan fingerprint density at radius 3 is 2.26 bits per heavy atom. The average molecular weight is 330 g/mol. The lowest BCUT2D eigenvalue weighted by Gasteiger charge is -2.21. The number of azide groups is 1. The third-order valence-corrected chi connectivity index (χ3v) is 5.04. The van der Waals surface area contributed by atoms with Gasteiger partial charge in [-0.3, -0.25) is 0 Å². The van der Waals surface area contributed by atoms with E-state index < -0.39 is 22.1 Å². The predicted octanol–water partition coefficient (Wildman–Crippen LogP) is 3.71. The van der Waals surface area contributed by atoms with Crippen LogP contribution in [0.1, 0.15) is 24.1 Å². The summed E-state index contributed by atoms with van der Waals surface area (Å²) in [5.74, 6) is 0. The largest absolute Gasteiger partial charge is 0.240 e. The van der Waals surface area contributed by atoms with Crippen LogP contribution in [0.2, 0.25) is 0 Å². The Balaban J connectivity index is 2.26. The summed E-state index contributed by atoms with van der Waals surface area (Å²) >= 11 is 0. The van der Waals surface area contributed by atoms with Gasteiger partial charge in [-0.25, -0.2) is 13.1 Å². The van der Waals surface area contributed by atoms with Crippen molar-refractivity contribution in [3.8, 4) is 0 Å². The van der Waals surface area contributed by atoms with Gasteiger partial charge in [0, 0.05) is 11.0 Å². The summed E-state index contributed by atoms with van der Waals surface area (Å²) in [4.78, 5) is 3.02. The van der Waals surface area contributed by atoms with Gasteiger partial charge in [-0.2, -0.15) is 0 Å². The number of nitrogens with zero attached hydrogens (tertiary/aromatic N) is 3. The van der Waals surface area contributed by atoms with Crippen LogP contribution in [0, 0.1) is 6.92 Å². The molecular formula is C16H18N4O2S. The number of aryl methyl sites for hydroxylation is 1. The molecule has 0 unspecified atom stereocenters. The molecule has 6 nitrogen and oxygen atoms in total. The first kappa shape index (κ1) is 17.0. The van der Waals surface area contributed by atoms with Gasteiger partial charge in [-0.15, -0.1) is 0 Å². The molecule has 0 saturated carbocycles. The number of hydrogen-bond donors (Lipinski definition) is 1. The zero-order chi connectivity index (χ0) is 16.9. The molecule has 0 heterocycles. The highest BCUT2D eigenvalue weighted by Gasteiger charge is 2.24. The SMILES string of the molecule is Cc1ccc(S(=O)(=O)N[C@H](C)[C@H](N=[N+]=[N-])c2ccccc2)cc1. The van der Waals surface area contributed by atoms with Crippen molar-refractivity contribution in [2.45, 2.75) is 30.8 Å². The van der Waals surface area contributed by atoms with Crippen molar-refractivity contribution in [2.75, 3.05) is 0 Å². The van der Waals surface area contributed by atoms with E-state index in [1.54, 1.807) is 43.3 Å².